The summed E-state index contributed by atoms with van der Waals surface area (Å²) in [5.41, 5.74) is 10.3. The molecule has 1 aliphatic carbocycles. The van der Waals surface area contributed by atoms with E-state index in [1.807, 2.05) is 12.1 Å². The van der Waals surface area contributed by atoms with E-state index in [1.54, 1.807) is 4.90 Å². The maximum Gasteiger partial charge on any atom is 0.277 e. The number of aromatic nitrogens is 2. The normalized spacial score (nSPS) is 17.3. The summed E-state index contributed by atoms with van der Waals surface area (Å²) in [5.74, 6) is 0.390. The first-order valence-corrected chi connectivity index (χ1v) is 6.94. The first-order valence-electron chi connectivity index (χ1n) is 6.94. The molecule has 0 radical (unpaired) electrons. The lowest BCUT2D eigenvalue weighted by atomic mass is 10.1. The van der Waals surface area contributed by atoms with E-state index in [9.17, 15) is 4.79 Å². The fourth-order valence-corrected chi connectivity index (χ4v) is 2.84. The Hall–Kier alpha value is -2.30. The predicted molar refractivity (Wildman–Crippen MR) is 75.0 cm³/mol. The molecule has 2 aliphatic rings. The second-order valence-electron chi connectivity index (χ2n) is 5.60. The van der Waals surface area contributed by atoms with E-state index in [4.69, 9.17) is 5.73 Å². The van der Waals surface area contributed by atoms with Gasteiger partial charge in [-0.15, -0.1) is 0 Å². The number of fused-ring (bicyclic) bond motifs is 1. The van der Waals surface area contributed by atoms with E-state index >= 15 is 0 Å². The molecule has 0 atom stereocenters. The number of anilines is 1. The molecule has 1 fully saturated rings. The maximum absolute atomic E-state index is 12.6. The number of carbonyl (C=O) groups is 1. The molecule has 0 spiro atoms. The van der Waals surface area contributed by atoms with Crippen LogP contribution in [-0.2, 0) is 13.1 Å². The molecule has 1 aromatic heterocycles. The van der Waals surface area contributed by atoms with E-state index in [2.05, 4.69) is 22.3 Å². The van der Waals surface area contributed by atoms with Gasteiger partial charge in [0.2, 0.25) is 0 Å². The summed E-state index contributed by atoms with van der Waals surface area (Å²) in [7, 11) is 0. The summed E-state index contributed by atoms with van der Waals surface area (Å²) < 4.78 is 0. The third kappa shape index (κ3) is 1.70. The van der Waals surface area contributed by atoms with Crippen LogP contribution < -0.4 is 5.73 Å². The average Bonchev–Trinajstić information content (AvgIpc) is 3.09. The van der Waals surface area contributed by atoms with Gasteiger partial charge in [-0.2, -0.15) is 5.10 Å². The Balaban J connectivity index is 1.60. The summed E-state index contributed by atoms with van der Waals surface area (Å²) in [5, 5.41) is 7.08. The van der Waals surface area contributed by atoms with Gasteiger partial charge in [-0.3, -0.25) is 9.89 Å². The molecule has 2 aromatic rings. The van der Waals surface area contributed by atoms with Gasteiger partial charge in [-0.05, 0) is 24.0 Å². The Morgan fingerprint density at radius 1 is 1.25 bits per heavy atom. The molecule has 5 heteroatoms. The number of benzene rings is 1. The van der Waals surface area contributed by atoms with Gasteiger partial charge in [0.05, 0.1) is 11.4 Å². The number of hydrogen-bond donors (Lipinski definition) is 2. The van der Waals surface area contributed by atoms with Crippen molar-refractivity contribution < 1.29 is 4.79 Å². The highest BCUT2D eigenvalue weighted by Crippen LogP contribution is 2.42. The largest absolute Gasteiger partial charge is 0.395 e. The van der Waals surface area contributed by atoms with Crippen LogP contribution in [0.4, 0.5) is 5.69 Å². The lowest BCUT2D eigenvalue weighted by molar-refractivity contribution is 0.0746. The van der Waals surface area contributed by atoms with Crippen LogP contribution in [0, 0.1) is 0 Å². The van der Waals surface area contributed by atoms with Crippen molar-refractivity contribution in [3.8, 4) is 0 Å². The van der Waals surface area contributed by atoms with Crippen LogP contribution in [0.25, 0.3) is 0 Å². The van der Waals surface area contributed by atoms with Gasteiger partial charge in [0.1, 0.15) is 0 Å². The first-order chi connectivity index (χ1) is 9.74. The molecule has 2 heterocycles. The van der Waals surface area contributed by atoms with Crippen LogP contribution in [0.2, 0.25) is 0 Å². The van der Waals surface area contributed by atoms with Crippen LogP contribution in [-0.4, -0.2) is 21.0 Å². The van der Waals surface area contributed by atoms with Crippen molar-refractivity contribution in [2.75, 3.05) is 5.73 Å². The topological polar surface area (TPSA) is 75.0 Å². The lowest BCUT2D eigenvalue weighted by Crippen LogP contribution is -2.26. The van der Waals surface area contributed by atoms with Crippen molar-refractivity contribution in [3.05, 3.63) is 46.8 Å². The SMILES string of the molecule is Nc1c(C(=O)N2Cc3ccccc3C2)n[nH]c1C1CC1. The van der Waals surface area contributed by atoms with Crippen molar-refractivity contribution >= 4 is 11.6 Å². The maximum atomic E-state index is 12.6. The summed E-state index contributed by atoms with van der Waals surface area (Å²) >= 11 is 0. The molecule has 4 rings (SSSR count). The summed E-state index contributed by atoms with van der Waals surface area (Å²) in [4.78, 5) is 14.4. The summed E-state index contributed by atoms with van der Waals surface area (Å²) in [6, 6.07) is 8.13. The second kappa shape index (κ2) is 4.10. The molecule has 1 saturated carbocycles. The molecule has 1 aliphatic heterocycles. The highest BCUT2D eigenvalue weighted by atomic mass is 16.2. The van der Waals surface area contributed by atoms with Gasteiger partial charge in [0.25, 0.3) is 5.91 Å². The van der Waals surface area contributed by atoms with Gasteiger partial charge in [0, 0.05) is 19.0 Å². The number of aromatic amines is 1. The fraction of sp³-hybridized carbons (Fsp3) is 0.333. The molecule has 1 aromatic carbocycles. The number of nitrogen functional groups attached to an aromatic ring is 1. The van der Waals surface area contributed by atoms with E-state index in [-0.39, 0.29) is 5.91 Å². The molecule has 3 N–H and O–H groups in total. The monoisotopic (exact) mass is 268 g/mol. The molecule has 0 unspecified atom stereocenters. The number of nitrogens with zero attached hydrogens (tertiary/aromatic N) is 2. The molecule has 20 heavy (non-hydrogen) atoms. The lowest BCUT2D eigenvalue weighted by Gasteiger charge is -2.14. The first kappa shape index (κ1) is 11.5. The minimum Gasteiger partial charge on any atom is -0.395 e. The third-order valence-electron chi connectivity index (χ3n) is 4.15. The smallest absolute Gasteiger partial charge is 0.277 e. The molecule has 102 valence electrons. The number of amides is 1. The highest BCUT2D eigenvalue weighted by molar-refractivity contribution is 5.98. The molecular weight excluding hydrogens is 252 g/mol. The Labute approximate surface area is 116 Å². The second-order valence-corrected chi connectivity index (χ2v) is 5.60. The molecule has 5 nitrogen and oxygen atoms in total. The third-order valence-corrected chi connectivity index (χ3v) is 4.15. The Bertz CT molecular complexity index is 662. The molecular formula is C15H16N4O. The van der Waals surface area contributed by atoms with Crippen molar-refractivity contribution in [2.24, 2.45) is 0 Å². The zero-order valence-corrected chi connectivity index (χ0v) is 11.1. The molecule has 0 bridgehead atoms. The quantitative estimate of drug-likeness (QED) is 0.875. The minimum absolute atomic E-state index is 0.0816. The number of nitrogens with two attached hydrogens (primary N) is 1. The number of rotatable bonds is 2. The van der Waals surface area contributed by atoms with E-state index in [0.717, 1.165) is 18.5 Å². The van der Waals surface area contributed by atoms with E-state index < -0.39 is 0 Å². The van der Waals surface area contributed by atoms with Crippen LogP contribution in [0.1, 0.15) is 46.1 Å². The standard InChI is InChI=1S/C15H16N4O/c16-12-13(9-5-6-9)17-18-14(12)15(20)19-7-10-3-1-2-4-11(10)8-19/h1-4,9H,5-8,16H2,(H,17,18). The number of nitrogens with one attached hydrogen (secondary N) is 1. The van der Waals surface area contributed by atoms with Gasteiger partial charge in [-0.25, -0.2) is 0 Å². The zero-order chi connectivity index (χ0) is 13.7. The Morgan fingerprint density at radius 3 is 2.50 bits per heavy atom. The zero-order valence-electron chi connectivity index (χ0n) is 11.1. The number of H-pyrrole nitrogens is 1. The Morgan fingerprint density at radius 2 is 1.90 bits per heavy atom. The summed E-state index contributed by atoms with van der Waals surface area (Å²) in [6.45, 7) is 1.28. The van der Waals surface area contributed by atoms with Crippen molar-refractivity contribution in [2.45, 2.75) is 31.8 Å². The van der Waals surface area contributed by atoms with Gasteiger partial charge < -0.3 is 10.6 Å². The van der Waals surface area contributed by atoms with Crippen LogP contribution in [0.5, 0.6) is 0 Å². The molecule has 1 amide bonds. The van der Waals surface area contributed by atoms with E-state index in [0.29, 0.717) is 30.4 Å². The van der Waals surface area contributed by atoms with Crippen LogP contribution >= 0.6 is 0 Å². The van der Waals surface area contributed by atoms with Gasteiger partial charge in [-0.1, -0.05) is 24.3 Å². The molecule has 0 saturated heterocycles. The van der Waals surface area contributed by atoms with Crippen molar-refractivity contribution in [3.63, 3.8) is 0 Å². The van der Waals surface area contributed by atoms with Gasteiger partial charge in [0.15, 0.2) is 5.69 Å². The van der Waals surface area contributed by atoms with Crippen LogP contribution in [0.3, 0.4) is 0 Å². The minimum atomic E-state index is -0.0816. The summed E-state index contributed by atoms with van der Waals surface area (Å²) in [6.07, 6.45) is 2.27. The van der Waals surface area contributed by atoms with Gasteiger partial charge >= 0.3 is 0 Å². The van der Waals surface area contributed by atoms with Crippen LogP contribution in [0.15, 0.2) is 24.3 Å². The fourth-order valence-electron chi connectivity index (χ4n) is 2.84. The van der Waals surface area contributed by atoms with E-state index in [1.165, 1.54) is 11.1 Å². The number of hydrogen-bond acceptors (Lipinski definition) is 3. The average molecular weight is 268 g/mol. The highest BCUT2D eigenvalue weighted by Gasteiger charge is 2.32. The van der Waals surface area contributed by atoms with Crippen molar-refractivity contribution in [1.82, 2.24) is 15.1 Å². The predicted octanol–water partition coefficient (Wildman–Crippen LogP) is 2.03. The van der Waals surface area contributed by atoms with Crippen molar-refractivity contribution in [1.29, 1.82) is 0 Å². The number of carbonyl (C=O) groups excluding carboxylic acids is 1. The Kier molecular flexibility index (Phi) is 2.36.